The van der Waals surface area contributed by atoms with Crippen molar-refractivity contribution < 1.29 is 22.5 Å². The summed E-state index contributed by atoms with van der Waals surface area (Å²) in [7, 11) is -4.54. The molecule has 0 aliphatic carbocycles. The van der Waals surface area contributed by atoms with Crippen LogP contribution in [0.4, 0.5) is 5.69 Å². The van der Waals surface area contributed by atoms with Gasteiger partial charge >= 0.3 is 0 Å². The molecule has 7 heteroatoms. The number of amides is 1. The lowest BCUT2D eigenvalue weighted by Gasteiger charge is -2.24. The third-order valence-corrected chi connectivity index (χ3v) is 6.82. The predicted molar refractivity (Wildman–Crippen MR) is 130 cm³/mol. The van der Waals surface area contributed by atoms with E-state index in [9.17, 15) is 17.8 Å². The van der Waals surface area contributed by atoms with Gasteiger partial charge in [-0.25, -0.2) is 0 Å². The number of hydrogen-bond donors (Lipinski definition) is 2. The average Bonchev–Trinajstić information content (AvgIpc) is 2.79. The highest BCUT2D eigenvalue weighted by atomic mass is 32.2. The van der Waals surface area contributed by atoms with Crippen molar-refractivity contribution in [1.82, 2.24) is 0 Å². The second kappa shape index (κ2) is 9.77. The lowest BCUT2D eigenvalue weighted by atomic mass is 9.82. The summed E-state index contributed by atoms with van der Waals surface area (Å²) in [4.78, 5) is 12.5. The van der Waals surface area contributed by atoms with E-state index in [-0.39, 0.29) is 27.7 Å². The Morgan fingerprint density at radius 2 is 1.64 bits per heavy atom. The Morgan fingerprint density at radius 3 is 2.27 bits per heavy atom. The zero-order valence-electron chi connectivity index (χ0n) is 19.2. The number of benzene rings is 3. The first-order valence-electron chi connectivity index (χ1n) is 10.8. The van der Waals surface area contributed by atoms with Gasteiger partial charge in [0.1, 0.15) is 10.6 Å². The van der Waals surface area contributed by atoms with Crippen LogP contribution in [-0.4, -0.2) is 18.9 Å². The van der Waals surface area contributed by atoms with Gasteiger partial charge in [-0.15, -0.1) is 0 Å². The second-order valence-corrected chi connectivity index (χ2v) is 9.98. The largest absolute Gasteiger partial charge is 0.454 e. The topological polar surface area (TPSA) is 92.7 Å². The van der Waals surface area contributed by atoms with Crippen molar-refractivity contribution in [3.05, 3.63) is 83.9 Å². The molecule has 0 spiro atoms. The van der Waals surface area contributed by atoms with Crippen LogP contribution < -0.4 is 10.1 Å². The lowest BCUT2D eigenvalue weighted by molar-refractivity contribution is -0.117. The molecule has 1 amide bonds. The molecular formula is C26H29NO5S. The van der Waals surface area contributed by atoms with Crippen LogP contribution in [0.25, 0.3) is 0 Å². The van der Waals surface area contributed by atoms with Gasteiger partial charge in [-0.2, -0.15) is 8.42 Å². The Balaban J connectivity index is 1.93. The van der Waals surface area contributed by atoms with Crippen molar-refractivity contribution in [2.24, 2.45) is 0 Å². The van der Waals surface area contributed by atoms with E-state index in [1.54, 1.807) is 37.3 Å². The van der Waals surface area contributed by atoms with E-state index in [0.29, 0.717) is 5.69 Å². The molecule has 0 aliphatic rings. The van der Waals surface area contributed by atoms with Crippen LogP contribution in [0.15, 0.2) is 77.7 Å². The summed E-state index contributed by atoms with van der Waals surface area (Å²) in [5.41, 5.74) is 1.75. The highest BCUT2D eigenvalue weighted by Gasteiger charge is 2.25. The molecule has 0 aliphatic heterocycles. The highest BCUT2D eigenvalue weighted by molar-refractivity contribution is 7.86. The molecule has 0 radical (unpaired) electrons. The van der Waals surface area contributed by atoms with Gasteiger partial charge in [0.2, 0.25) is 5.91 Å². The van der Waals surface area contributed by atoms with Gasteiger partial charge in [0.15, 0.2) is 5.75 Å². The van der Waals surface area contributed by atoms with Crippen molar-refractivity contribution in [3.8, 4) is 11.5 Å². The SMILES string of the molecule is CCC(C)(C)c1ccc(Oc2ccccc2NC(=O)C(C)c2ccccc2)c(S(=O)(=O)O)c1. The fraction of sp³-hybridized carbons (Fsp3) is 0.269. The molecule has 0 bridgehead atoms. The highest BCUT2D eigenvalue weighted by Crippen LogP contribution is 2.37. The van der Waals surface area contributed by atoms with Crippen LogP contribution in [0.1, 0.15) is 51.2 Å². The maximum absolute atomic E-state index is 12.8. The van der Waals surface area contributed by atoms with Gasteiger partial charge < -0.3 is 10.1 Å². The number of ether oxygens (including phenoxy) is 1. The average molecular weight is 468 g/mol. The number of anilines is 1. The first-order valence-corrected chi connectivity index (χ1v) is 12.2. The molecule has 0 aromatic heterocycles. The van der Waals surface area contributed by atoms with Gasteiger partial charge in [0.05, 0.1) is 11.6 Å². The maximum atomic E-state index is 12.8. The number of rotatable bonds is 8. The van der Waals surface area contributed by atoms with Crippen LogP contribution in [0.2, 0.25) is 0 Å². The fourth-order valence-corrected chi connectivity index (χ4v) is 3.97. The third kappa shape index (κ3) is 5.80. The summed E-state index contributed by atoms with van der Waals surface area (Å²) in [5.74, 6) is -0.389. The van der Waals surface area contributed by atoms with Crippen molar-refractivity contribution in [2.75, 3.05) is 5.32 Å². The molecule has 0 heterocycles. The van der Waals surface area contributed by atoms with Crippen molar-refractivity contribution in [2.45, 2.75) is 50.3 Å². The minimum Gasteiger partial charge on any atom is -0.454 e. The van der Waals surface area contributed by atoms with Crippen LogP contribution >= 0.6 is 0 Å². The Kier molecular flexibility index (Phi) is 7.25. The van der Waals surface area contributed by atoms with Crippen LogP contribution in [-0.2, 0) is 20.3 Å². The molecule has 1 unspecified atom stereocenters. The van der Waals surface area contributed by atoms with E-state index >= 15 is 0 Å². The maximum Gasteiger partial charge on any atom is 0.298 e. The van der Waals surface area contributed by atoms with E-state index in [1.165, 1.54) is 12.1 Å². The van der Waals surface area contributed by atoms with Crippen LogP contribution in [0.5, 0.6) is 11.5 Å². The predicted octanol–water partition coefficient (Wildman–Crippen LogP) is 6.16. The van der Waals surface area contributed by atoms with E-state index in [4.69, 9.17) is 4.74 Å². The fourth-order valence-electron chi connectivity index (χ4n) is 3.33. The van der Waals surface area contributed by atoms with Gasteiger partial charge in [-0.1, -0.05) is 69.3 Å². The summed E-state index contributed by atoms with van der Waals surface area (Å²) in [5, 5.41) is 2.86. The van der Waals surface area contributed by atoms with Crippen molar-refractivity contribution in [3.63, 3.8) is 0 Å². The summed E-state index contributed by atoms with van der Waals surface area (Å²) in [6.07, 6.45) is 0.784. The van der Waals surface area contributed by atoms with Gasteiger partial charge in [0, 0.05) is 0 Å². The molecule has 2 N–H and O–H groups in total. The van der Waals surface area contributed by atoms with Crippen LogP contribution in [0.3, 0.4) is 0 Å². The standard InChI is InChI=1S/C26H29NO5S/c1-5-26(3,4)20-15-16-23(24(17-20)33(29,30)31)32-22-14-10-9-13-21(22)27-25(28)18(2)19-11-7-6-8-12-19/h6-18H,5H2,1-4H3,(H,27,28)(H,29,30,31). The molecule has 3 rings (SSSR count). The molecule has 0 saturated carbocycles. The summed E-state index contributed by atoms with van der Waals surface area (Å²) >= 11 is 0. The second-order valence-electron chi connectivity index (χ2n) is 8.59. The molecule has 6 nitrogen and oxygen atoms in total. The van der Waals surface area contributed by atoms with Gasteiger partial charge in [0.25, 0.3) is 10.1 Å². The smallest absolute Gasteiger partial charge is 0.298 e. The lowest BCUT2D eigenvalue weighted by Crippen LogP contribution is -2.19. The number of carbonyl (C=O) groups is 1. The molecule has 0 fully saturated rings. The van der Waals surface area contributed by atoms with Gasteiger partial charge in [-0.05, 0) is 54.2 Å². The third-order valence-electron chi connectivity index (χ3n) is 5.94. The van der Waals surface area contributed by atoms with Crippen molar-refractivity contribution >= 4 is 21.7 Å². The Morgan fingerprint density at radius 1 is 1.00 bits per heavy atom. The number of para-hydroxylation sites is 2. The monoisotopic (exact) mass is 467 g/mol. The van der Waals surface area contributed by atoms with E-state index in [2.05, 4.69) is 5.32 Å². The van der Waals surface area contributed by atoms with Crippen molar-refractivity contribution in [1.29, 1.82) is 0 Å². The molecule has 174 valence electrons. The normalized spacial score (nSPS) is 12.8. The Hall–Kier alpha value is -3.16. The number of hydrogen-bond acceptors (Lipinski definition) is 4. The molecule has 1 atom stereocenters. The summed E-state index contributed by atoms with van der Waals surface area (Å²) in [6, 6.07) is 20.9. The van der Waals surface area contributed by atoms with Crippen LogP contribution in [0, 0.1) is 0 Å². The number of carbonyl (C=O) groups excluding carboxylic acids is 1. The Labute approximate surface area is 195 Å². The number of nitrogens with one attached hydrogen (secondary N) is 1. The molecule has 3 aromatic rings. The first kappa shape index (κ1) is 24.5. The first-order chi connectivity index (χ1) is 15.5. The zero-order valence-corrected chi connectivity index (χ0v) is 20.0. The molecule has 3 aromatic carbocycles. The molecule has 0 saturated heterocycles. The van der Waals surface area contributed by atoms with E-state index in [0.717, 1.165) is 17.5 Å². The zero-order chi connectivity index (χ0) is 24.2. The minimum absolute atomic E-state index is 0.0223. The minimum atomic E-state index is -4.54. The quantitative estimate of drug-likeness (QED) is 0.387. The summed E-state index contributed by atoms with van der Waals surface area (Å²) in [6.45, 7) is 7.80. The molecular weight excluding hydrogens is 438 g/mol. The summed E-state index contributed by atoms with van der Waals surface area (Å²) < 4.78 is 40.0. The van der Waals surface area contributed by atoms with E-state index < -0.39 is 16.0 Å². The van der Waals surface area contributed by atoms with Gasteiger partial charge in [-0.3, -0.25) is 9.35 Å². The van der Waals surface area contributed by atoms with E-state index in [1.807, 2.05) is 51.1 Å². The molecule has 33 heavy (non-hydrogen) atoms. The Bertz CT molecular complexity index is 1240.